The fraction of sp³-hybridized carbons (Fsp3) is 0.500. The quantitative estimate of drug-likeness (QED) is 0.420. The minimum absolute atomic E-state index is 0.0264. The molecule has 1 heterocycles. The Labute approximate surface area is 221 Å². The number of carbonyl (C=O) groups is 2. The minimum atomic E-state index is -3.49. The highest BCUT2D eigenvalue weighted by molar-refractivity contribution is 7.89. The molecule has 0 aliphatic carbocycles. The monoisotopic (exact) mass is 529 g/mol. The van der Waals surface area contributed by atoms with Crippen molar-refractivity contribution < 1.29 is 22.7 Å². The Bertz CT molecular complexity index is 1130. The van der Waals surface area contributed by atoms with Crippen LogP contribution in [0.1, 0.15) is 44.2 Å². The van der Waals surface area contributed by atoms with Gasteiger partial charge >= 0.3 is 0 Å². The highest BCUT2D eigenvalue weighted by Crippen LogP contribution is 2.22. The molecule has 202 valence electrons. The lowest BCUT2D eigenvalue weighted by Gasteiger charge is -2.39. The molecule has 1 saturated heterocycles. The first-order chi connectivity index (χ1) is 17.7. The summed E-state index contributed by atoms with van der Waals surface area (Å²) in [6.07, 6.45) is 1.89. The fourth-order valence-corrected chi connectivity index (χ4v) is 5.70. The van der Waals surface area contributed by atoms with Gasteiger partial charge in [0, 0.05) is 32.2 Å². The third-order valence-corrected chi connectivity index (χ3v) is 8.66. The lowest BCUT2D eigenvalue weighted by Crippen LogP contribution is -2.52. The van der Waals surface area contributed by atoms with E-state index in [2.05, 4.69) is 0 Å². The third-order valence-electron chi connectivity index (χ3n) is 6.83. The maximum atomic E-state index is 13.6. The Hall–Kier alpha value is -2.91. The van der Waals surface area contributed by atoms with Gasteiger partial charge < -0.3 is 14.5 Å². The molecule has 2 aromatic carbocycles. The number of aryl methyl sites for hydroxylation is 1. The number of benzene rings is 2. The van der Waals surface area contributed by atoms with Crippen LogP contribution in [0.2, 0.25) is 0 Å². The summed E-state index contributed by atoms with van der Waals surface area (Å²) in [5.74, 6) is 0.330. The average Bonchev–Trinajstić information content (AvgIpc) is 2.91. The largest absolute Gasteiger partial charge is 0.484 e. The normalized spacial score (nSPS) is 14.5. The lowest BCUT2D eigenvalue weighted by atomic mass is 10.0. The van der Waals surface area contributed by atoms with E-state index in [-0.39, 0.29) is 36.8 Å². The number of sulfonamides is 1. The summed E-state index contributed by atoms with van der Waals surface area (Å²) in [5.41, 5.74) is 2.11. The van der Waals surface area contributed by atoms with Crippen molar-refractivity contribution in [3.8, 4) is 5.75 Å². The molecule has 1 fully saturated rings. The molecule has 1 aliphatic rings. The van der Waals surface area contributed by atoms with E-state index in [0.717, 1.165) is 11.1 Å². The minimum Gasteiger partial charge on any atom is -0.484 e. The van der Waals surface area contributed by atoms with Crippen molar-refractivity contribution in [2.24, 2.45) is 0 Å². The second kappa shape index (κ2) is 13.6. The van der Waals surface area contributed by atoms with Crippen LogP contribution in [0.4, 0.5) is 0 Å². The molecule has 9 heteroatoms. The number of piperidine rings is 1. The summed E-state index contributed by atoms with van der Waals surface area (Å²) in [6, 6.07) is 17.1. The van der Waals surface area contributed by atoms with Crippen LogP contribution in [0.5, 0.6) is 5.75 Å². The van der Waals surface area contributed by atoms with E-state index in [9.17, 15) is 18.0 Å². The SMILES string of the molecule is CCCN(CC(=O)N(Cc1ccccc1C)C1CCN(C(=O)COc2ccccc2)CC1)S(=O)(=O)CC. The molecule has 0 bridgehead atoms. The van der Waals surface area contributed by atoms with Crippen LogP contribution >= 0.6 is 0 Å². The van der Waals surface area contributed by atoms with E-state index < -0.39 is 10.0 Å². The smallest absolute Gasteiger partial charge is 0.260 e. The van der Waals surface area contributed by atoms with E-state index in [1.54, 1.807) is 11.8 Å². The zero-order valence-corrected chi connectivity index (χ0v) is 23.0. The van der Waals surface area contributed by atoms with Crippen LogP contribution in [0, 0.1) is 6.92 Å². The second-order valence-electron chi connectivity index (χ2n) is 9.40. The van der Waals surface area contributed by atoms with Gasteiger partial charge in [0.1, 0.15) is 5.75 Å². The second-order valence-corrected chi connectivity index (χ2v) is 11.7. The van der Waals surface area contributed by atoms with Crippen LogP contribution in [0.25, 0.3) is 0 Å². The molecular formula is C28H39N3O5S. The van der Waals surface area contributed by atoms with Gasteiger partial charge in [-0.25, -0.2) is 8.42 Å². The van der Waals surface area contributed by atoms with Gasteiger partial charge in [-0.3, -0.25) is 9.59 Å². The summed E-state index contributed by atoms with van der Waals surface area (Å²) in [7, 11) is -3.49. The van der Waals surface area contributed by atoms with Crippen LogP contribution < -0.4 is 4.74 Å². The fourth-order valence-electron chi connectivity index (χ4n) is 4.56. The molecular weight excluding hydrogens is 490 g/mol. The Kier molecular flexibility index (Phi) is 10.5. The predicted molar refractivity (Wildman–Crippen MR) is 145 cm³/mol. The molecule has 0 atom stereocenters. The molecule has 1 aliphatic heterocycles. The van der Waals surface area contributed by atoms with Crippen LogP contribution in [-0.2, 0) is 26.2 Å². The maximum absolute atomic E-state index is 13.6. The highest BCUT2D eigenvalue weighted by Gasteiger charge is 2.32. The predicted octanol–water partition coefficient (Wildman–Crippen LogP) is 3.46. The number of likely N-dealkylation sites (tertiary alicyclic amines) is 1. The molecule has 0 aromatic heterocycles. The molecule has 0 radical (unpaired) electrons. The molecule has 0 N–H and O–H groups in total. The van der Waals surface area contributed by atoms with Crippen LogP contribution in [0.15, 0.2) is 54.6 Å². The van der Waals surface area contributed by atoms with Crippen molar-refractivity contribution in [2.75, 3.05) is 38.5 Å². The number of carbonyl (C=O) groups excluding carboxylic acids is 2. The first kappa shape index (κ1) is 28.7. The number of rotatable bonds is 12. The molecule has 3 rings (SSSR count). The molecule has 2 aromatic rings. The van der Waals surface area contributed by atoms with E-state index in [0.29, 0.717) is 51.2 Å². The summed E-state index contributed by atoms with van der Waals surface area (Å²) in [5, 5.41) is 0. The molecule has 0 saturated carbocycles. The van der Waals surface area contributed by atoms with E-state index in [1.807, 2.05) is 73.3 Å². The molecule has 2 amide bonds. The van der Waals surface area contributed by atoms with E-state index in [1.165, 1.54) is 4.31 Å². The number of amides is 2. The number of hydrogen-bond donors (Lipinski definition) is 0. The van der Waals surface area contributed by atoms with Gasteiger partial charge in [-0.05, 0) is 56.4 Å². The first-order valence-electron chi connectivity index (χ1n) is 13.0. The average molecular weight is 530 g/mol. The molecule has 0 unspecified atom stereocenters. The van der Waals surface area contributed by atoms with Gasteiger partial charge in [-0.15, -0.1) is 0 Å². The molecule has 8 nitrogen and oxygen atoms in total. The first-order valence-corrected chi connectivity index (χ1v) is 14.6. The molecule has 37 heavy (non-hydrogen) atoms. The number of hydrogen-bond acceptors (Lipinski definition) is 5. The van der Waals surface area contributed by atoms with Crippen LogP contribution in [-0.4, -0.2) is 78.9 Å². The van der Waals surface area contributed by atoms with Gasteiger partial charge in [-0.2, -0.15) is 4.31 Å². The number of nitrogens with zero attached hydrogens (tertiary/aromatic N) is 3. The van der Waals surface area contributed by atoms with E-state index in [4.69, 9.17) is 4.74 Å². The lowest BCUT2D eigenvalue weighted by molar-refractivity contribution is -0.138. The van der Waals surface area contributed by atoms with Gasteiger partial charge in [0.05, 0.1) is 12.3 Å². The molecule has 0 spiro atoms. The number of ether oxygens (including phenoxy) is 1. The highest BCUT2D eigenvalue weighted by atomic mass is 32.2. The van der Waals surface area contributed by atoms with Crippen molar-refractivity contribution >= 4 is 21.8 Å². The topological polar surface area (TPSA) is 87.2 Å². The zero-order valence-electron chi connectivity index (χ0n) is 22.1. The van der Waals surface area contributed by atoms with Crippen molar-refractivity contribution in [1.29, 1.82) is 0 Å². The van der Waals surface area contributed by atoms with E-state index >= 15 is 0 Å². The van der Waals surface area contributed by atoms with Crippen molar-refractivity contribution in [2.45, 2.75) is 52.6 Å². The van der Waals surface area contributed by atoms with Crippen molar-refractivity contribution in [1.82, 2.24) is 14.1 Å². The zero-order chi connectivity index (χ0) is 26.8. The summed E-state index contributed by atoms with van der Waals surface area (Å²) >= 11 is 0. The standard InChI is InChI=1S/C28H39N3O5S/c1-4-17-30(37(34,35)5-2)21-27(32)31(20-24-12-10-9-11-23(24)3)25-15-18-29(19-16-25)28(33)22-36-26-13-7-6-8-14-26/h6-14,25H,4-5,15-22H2,1-3H3. The van der Waals surface area contributed by atoms with Crippen molar-refractivity contribution in [3.05, 3.63) is 65.7 Å². The number of para-hydroxylation sites is 1. The van der Waals surface area contributed by atoms with Gasteiger partial charge in [0.25, 0.3) is 5.91 Å². The van der Waals surface area contributed by atoms with Gasteiger partial charge in [0.2, 0.25) is 15.9 Å². The summed E-state index contributed by atoms with van der Waals surface area (Å²) in [6.45, 7) is 7.08. The van der Waals surface area contributed by atoms with Crippen LogP contribution in [0.3, 0.4) is 0 Å². The Balaban J connectivity index is 1.69. The van der Waals surface area contributed by atoms with Gasteiger partial charge in [0.15, 0.2) is 6.61 Å². The van der Waals surface area contributed by atoms with Crippen molar-refractivity contribution in [3.63, 3.8) is 0 Å². The Morgan fingerprint density at radius 3 is 2.27 bits per heavy atom. The summed E-state index contributed by atoms with van der Waals surface area (Å²) < 4.78 is 32.2. The summed E-state index contributed by atoms with van der Waals surface area (Å²) in [4.78, 5) is 29.9. The van der Waals surface area contributed by atoms with Gasteiger partial charge in [-0.1, -0.05) is 49.4 Å². The third kappa shape index (κ3) is 8.04. The Morgan fingerprint density at radius 1 is 1.00 bits per heavy atom. The maximum Gasteiger partial charge on any atom is 0.260 e. The Morgan fingerprint density at radius 2 is 1.65 bits per heavy atom.